The van der Waals surface area contributed by atoms with E-state index in [4.69, 9.17) is 30.5 Å². The van der Waals surface area contributed by atoms with E-state index in [2.05, 4.69) is 68.0 Å². The van der Waals surface area contributed by atoms with Gasteiger partial charge in [-0.1, -0.05) is 55.3 Å². The predicted molar refractivity (Wildman–Crippen MR) is 222 cm³/mol. The lowest BCUT2D eigenvalue weighted by molar-refractivity contribution is -0.144. The van der Waals surface area contributed by atoms with E-state index in [-0.39, 0.29) is 13.2 Å². The number of hydrogen-bond donors (Lipinski definition) is 1. The lowest BCUT2D eigenvalue weighted by Gasteiger charge is -2.33. The van der Waals surface area contributed by atoms with Crippen molar-refractivity contribution in [1.29, 1.82) is 5.26 Å². The van der Waals surface area contributed by atoms with Crippen LogP contribution in [0.25, 0.3) is 11.1 Å². The van der Waals surface area contributed by atoms with E-state index in [0.717, 1.165) is 83.7 Å². The maximum atomic E-state index is 12.1. The number of ether oxygens (including phenoxy) is 4. The van der Waals surface area contributed by atoms with Crippen LogP contribution in [0.2, 0.25) is 5.02 Å². The average molecular weight is 795 g/mol. The van der Waals surface area contributed by atoms with Crippen LogP contribution >= 0.6 is 11.6 Å². The normalized spacial score (nSPS) is 18.8. The van der Waals surface area contributed by atoms with Gasteiger partial charge in [0, 0.05) is 55.3 Å². The molecule has 1 aromatic heterocycles. The number of nitrogens with zero attached hydrogens (tertiary/aromatic N) is 4. The largest absolute Gasteiger partial charge is 0.493 e. The van der Waals surface area contributed by atoms with Gasteiger partial charge in [-0.15, -0.1) is 0 Å². The molecule has 10 nitrogen and oxygen atoms in total. The summed E-state index contributed by atoms with van der Waals surface area (Å²) in [6.07, 6.45) is 8.87. The third-order valence-corrected chi connectivity index (χ3v) is 11.6. The molecule has 2 aliphatic heterocycles. The van der Waals surface area contributed by atoms with E-state index < -0.39 is 12.0 Å². The van der Waals surface area contributed by atoms with E-state index >= 15 is 0 Å². The lowest BCUT2D eigenvalue weighted by atomic mass is 9.93. The first-order valence-corrected chi connectivity index (χ1v) is 20.5. The number of aromatic nitrogens is 1. The molecule has 3 atom stereocenters. The van der Waals surface area contributed by atoms with Crippen molar-refractivity contribution in [1.82, 2.24) is 14.8 Å². The Hall–Kier alpha value is -4.66. The molecular weight excluding hydrogens is 740 g/mol. The van der Waals surface area contributed by atoms with Crippen molar-refractivity contribution in [3.8, 4) is 34.4 Å². The summed E-state index contributed by atoms with van der Waals surface area (Å²) in [5.74, 6) is 1.67. The average Bonchev–Trinajstić information content (AvgIpc) is 3.44. The monoisotopic (exact) mass is 794 g/mol. The van der Waals surface area contributed by atoms with Crippen molar-refractivity contribution in [2.45, 2.75) is 91.1 Å². The zero-order valence-corrected chi connectivity index (χ0v) is 34.4. The summed E-state index contributed by atoms with van der Waals surface area (Å²) in [7, 11) is 2.19. The molecule has 0 amide bonds. The van der Waals surface area contributed by atoms with Gasteiger partial charge in [0.25, 0.3) is 0 Å². The third-order valence-electron chi connectivity index (χ3n) is 11.4. The molecule has 302 valence electrons. The van der Waals surface area contributed by atoms with Gasteiger partial charge in [0.1, 0.15) is 42.6 Å². The second-order valence-electron chi connectivity index (χ2n) is 15.6. The van der Waals surface area contributed by atoms with E-state index in [1.165, 1.54) is 19.0 Å². The van der Waals surface area contributed by atoms with Crippen molar-refractivity contribution >= 4 is 17.6 Å². The number of rotatable bonds is 16. The molecule has 3 aromatic carbocycles. The number of halogens is 1. The molecule has 2 unspecified atom stereocenters. The molecule has 0 aliphatic carbocycles. The van der Waals surface area contributed by atoms with Gasteiger partial charge < -0.3 is 29.0 Å². The van der Waals surface area contributed by atoms with Gasteiger partial charge in [-0.3, -0.25) is 14.7 Å². The molecule has 57 heavy (non-hydrogen) atoms. The van der Waals surface area contributed by atoms with E-state index in [9.17, 15) is 15.2 Å². The van der Waals surface area contributed by atoms with Gasteiger partial charge in [0.05, 0.1) is 23.8 Å². The highest BCUT2D eigenvalue weighted by Crippen LogP contribution is 2.37. The number of piperidine rings is 1. The number of likely N-dealkylation sites (tertiary alicyclic amines) is 1. The molecule has 0 bridgehead atoms. The summed E-state index contributed by atoms with van der Waals surface area (Å²) in [6.45, 7) is 11.2. The Morgan fingerprint density at radius 1 is 0.947 bits per heavy atom. The molecule has 6 rings (SSSR count). The van der Waals surface area contributed by atoms with E-state index in [0.29, 0.717) is 60.2 Å². The number of carbonyl (C=O) groups is 1. The zero-order valence-electron chi connectivity index (χ0n) is 33.6. The van der Waals surface area contributed by atoms with Crippen molar-refractivity contribution in [2.24, 2.45) is 5.92 Å². The highest BCUT2D eigenvalue weighted by molar-refractivity contribution is 6.32. The van der Waals surface area contributed by atoms with Gasteiger partial charge in [-0.2, -0.15) is 5.26 Å². The molecule has 1 N–H and O–H groups in total. The summed E-state index contributed by atoms with van der Waals surface area (Å²) in [5.41, 5.74) is 7.35. The van der Waals surface area contributed by atoms with Crippen LogP contribution in [-0.2, 0) is 29.3 Å². The van der Waals surface area contributed by atoms with Crippen LogP contribution in [-0.4, -0.2) is 77.9 Å². The Labute approximate surface area is 342 Å². The first-order chi connectivity index (χ1) is 27.6. The van der Waals surface area contributed by atoms with Crippen LogP contribution < -0.4 is 14.2 Å². The number of nitriles is 1. The number of hydrogen-bond acceptors (Lipinski definition) is 9. The smallest absolute Gasteiger partial charge is 0.320 e. The fraction of sp³-hybridized carbons (Fsp3) is 0.457. The van der Waals surface area contributed by atoms with Crippen molar-refractivity contribution in [3.63, 3.8) is 0 Å². The maximum Gasteiger partial charge on any atom is 0.320 e. The Bertz CT molecular complexity index is 2030. The summed E-state index contributed by atoms with van der Waals surface area (Å²) in [6, 6.07) is 19.8. The maximum absolute atomic E-state index is 12.1. The molecule has 0 radical (unpaired) electrons. The predicted octanol–water partition coefficient (Wildman–Crippen LogP) is 9.00. The minimum atomic E-state index is -0.830. The molecule has 4 aromatic rings. The van der Waals surface area contributed by atoms with Crippen LogP contribution in [0, 0.1) is 31.1 Å². The second kappa shape index (κ2) is 20.2. The van der Waals surface area contributed by atoms with Crippen LogP contribution in [0.1, 0.15) is 78.8 Å². The van der Waals surface area contributed by atoms with Crippen LogP contribution in [0.15, 0.2) is 67.0 Å². The highest BCUT2D eigenvalue weighted by Gasteiger charge is 2.29. The molecule has 2 aliphatic rings. The molecule has 3 heterocycles. The van der Waals surface area contributed by atoms with Gasteiger partial charge in [0.2, 0.25) is 0 Å². The third kappa shape index (κ3) is 11.1. The summed E-state index contributed by atoms with van der Waals surface area (Å²) >= 11 is 6.88. The summed E-state index contributed by atoms with van der Waals surface area (Å²) in [5, 5.41) is 19.7. The van der Waals surface area contributed by atoms with Gasteiger partial charge >= 0.3 is 5.97 Å². The molecule has 0 spiro atoms. The molecule has 2 fully saturated rings. The van der Waals surface area contributed by atoms with Crippen LogP contribution in [0.4, 0.5) is 0 Å². The number of carboxylic acid groups (broad SMARTS) is 1. The van der Waals surface area contributed by atoms with Crippen LogP contribution in [0.3, 0.4) is 0 Å². The SMILES string of the molecule is Cc1c(COc2cc(OCc3cncc(C#N)c3)c(CN3CCCC[C@H]3C(=O)O)cc2Cl)cccc1-c1cccc(OCCCN(C)C2CCC(C)COC2)c1C. The Morgan fingerprint density at radius 3 is 2.54 bits per heavy atom. The fourth-order valence-corrected chi connectivity index (χ4v) is 8.08. The van der Waals surface area contributed by atoms with Crippen molar-refractivity contribution in [2.75, 3.05) is 40.0 Å². The number of carboxylic acids is 1. The molecular formula is C46H55ClN4O6. The van der Waals surface area contributed by atoms with Gasteiger partial charge in [-0.25, -0.2) is 0 Å². The zero-order chi connectivity index (χ0) is 40.3. The molecule has 2 saturated heterocycles. The first-order valence-electron chi connectivity index (χ1n) is 20.1. The first kappa shape index (κ1) is 42.0. The van der Waals surface area contributed by atoms with Crippen LogP contribution in [0.5, 0.6) is 17.2 Å². The number of likely N-dealkylation sites (N-methyl/N-ethyl adjacent to an activating group) is 1. The van der Waals surface area contributed by atoms with Gasteiger partial charge in [-0.05, 0) is 111 Å². The van der Waals surface area contributed by atoms with Gasteiger partial charge in [0.15, 0.2) is 0 Å². The molecule has 11 heteroatoms. The fourth-order valence-electron chi connectivity index (χ4n) is 7.84. The highest BCUT2D eigenvalue weighted by atomic mass is 35.5. The minimum absolute atomic E-state index is 0.161. The Kier molecular flexibility index (Phi) is 14.8. The standard InChI is InChI=1S/C46H55ClN4O6/c1-31-15-16-38(30-54-27-31)50(4)17-9-19-55-43-14-8-12-40(33(43)3)39-11-7-10-36(32(39)2)29-57-45-22-44(56-28-35-20-34(23-48)24-49-25-35)37(21-41(45)47)26-51-18-6-5-13-42(51)46(52)53/h7-8,10-12,14,20-22,24-25,31,38,42H,5-6,9,13,15-19,26-30H2,1-4H3,(H,52,53)/t31?,38?,42-/m0/s1. The van der Waals surface area contributed by atoms with Crippen molar-refractivity contribution in [3.05, 3.63) is 105 Å². The Balaban J connectivity index is 1.15. The summed E-state index contributed by atoms with van der Waals surface area (Å²) in [4.78, 5) is 20.6. The lowest BCUT2D eigenvalue weighted by Crippen LogP contribution is -2.44. The minimum Gasteiger partial charge on any atom is -0.493 e. The van der Waals surface area contributed by atoms with E-state index in [1.54, 1.807) is 18.3 Å². The molecule has 0 saturated carbocycles. The topological polar surface area (TPSA) is 117 Å². The summed E-state index contributed by atoms with van der Waals surface area (Å²) < 4.78 is 25.0. The van der Waals surface area contributed by atoms with E-state index in [1.807, 2.05) is 23.1 Å². The Morgan fingerprint density at radius 2 is 1.74 bits per heavy atom. The van der Waals surface area contributed by atoms with Crippen molar-refractivity contribution < 1.29 is 28.8 Å². The number of pyridine rings is 1. The number of benzene rings is 3. The quantitative estimate of drug-likeness (QED) is 0.110. The second-order valence-corrected chi connectivity index (χ2v) is 16.0. The number of aliphatic carboxylic acids is 1.